The van der Waals surface area contributed by atoms with Crippen LogP contribution in [0.4, 0.5) is 0 Å². The second kappa shape index (κ2) is 4.37. The molecule has 0 saturated carbocycles. The van der Waals surface area contributed by atoms with Crippen LogP contribution in [-0.2, 0) is 14.6 Å². The molecule has 0 N–H and O–H groups in total. The molecule has 1 aromatic rings. The molecule has 14 heavy (non-hydrogen) atoms. The summed E-state index contributed by atoms with van der Waals surface area (Å²) < 4.78 is 23.3. The Kier molecular flexibility index (Phi) is 3.41. The molecular weight excluding hydrogens is 200 g/mol. The predicted molar refractivity (Wildman–Crippen MR) is 53.7 cm³/mol. The fourth-order valence-corrected chi connectivity index (χ4v) is 2.64. The summed E-state index contributed by atoms with van der Waals surface area (Å²) in [6, 6.07) is 8.15. The van der Waals surface area contributed by atoms with Gasteiger partial charge in [0.1, 0.15) is 6.29 Å². The summed E-state index contributed by atoms with van der Waals surface area (Å²) >= 11 is 0. The third-order valence-electron chi connectivity index (χ3n) is 1.82. The summed E-state index contributed by atoms with van der Waals surface area (Å²) in [6.45, 7) is 1.59. The largest absolute Gasteiger partial charge is 0.303 e. The molecule has 76 valence electrons. The van der Waals surface area contributed by atoms with E-state index in [0.29, 0.717) is 6.29 Å². The Bertz CT molecular complexity index is 395. The van der Waals surface area contributed by atoms with Gasteiger partial charge in [0.05, 0.1) is 10.6 Å². The molecule has 0 aliphatic heterocycles. The van der Waals surface area contributed by atoms with E-state index in [0.717, 1.165) is 0 Å². The monoisotopic (exact) mass is 212 g/mol. The van der Waals surface area contributed by atoms with Crippen molar-refractivity contribution in [3.05, 3.63) is 30.3 Å². The number of rotatable bonds is 4. The second-order valence-corrected chi connectivity index (χ2v) is 5.24. The van der Waals surface area contributed by atoms with Crippen molar-refractivity contribution in [2.45, 2.75) is 11.8 Å². The first-order valence-corrected chi connectivity index (χ1v) is 5.94. The maximum absolute atomic E-state index is 11.6. The Morgan fingerprint density at radius 3 is 2.36 bits per heavy atom. The highest BCUT2D eigenvalue weighted by Crippen LogP contribution is 2.12. The van der Waals surface area contributed by atoms with E-state index in [2.05, 4.69) is 0 Å². The molecule has 0 unspecified atom stereocenters. The van der Waals surface area contributed by atoms with Gasteiger partial charge in [0.25, 0.3) is 0 Å². The SMILES string of the molecule is C[C@@H](C=O)CS(=O)(=O)c1ccccc1. The van der Waals surface area contributed by atoms with Gasteiger partial charge in [0.15, 0.2) is 9.84 Å². The molecule has 3 nitrogen and oxygen atoms in total. The predicted octanol–water partition coefficient (Wildman–Crippen LogP) is 1.30. The molecule has 0 spiro atoms. The van der Waals surface area contributed by atoms with Gasteiger partial charge in [-0.05, 0) is 12.1 Å². The zero-order valence-corrected chi connectivity index (χ0v) is 8.70. The molecular formula is C10H12O3S. The van der Waals surface area contributed by atoms with E-state index >= 15 is 0 Å². The van der Waals surface area contributed by atoms with Crippen LogP contribution in [0.3, 0.4) is 0 Å². The van der Waals surface area contributed by atoms with Crippen LogP contribution >= 0.6 is 0 Å². The molecule has 0 bridgehead atoms. The number of hydrogen-bond donors (Lipinski definition) is 0. The molecule has 0 aromatic heterocycles. The number of sulfone groups is 1. The van der Waals surface area contributed by atoms with Gasteiger partial charge in [-0.25, -0.2) is 8.42 Å². The number of carbonyl (C=O) groups excluding carboxylic acids is 1. The van der Waals surface area contributed by atoms with Gasteiger partial charge in [-0.1, -0.05) is 25.1 Å². The van der Waals surface area contributed by atoms with E-state index in [4.69, 9.17) is 0 Å². The number of aldehydes is 1. The van der Waals surface area contributed by atoms with Crippen LogP contribution in [-0.4, -0.2) is 20.5 Å². The van der Waals surface area contributed by atoms with Crippen LogP contribution in [0.1, 0.15) is 6.92 Å². The number of benzene rings is 1. The smallest absolute Gasteiger partial charge is 0.179 e. The summed E-state index contributed by atoms with van der Waals surface area (Å²) in [7, 11) is -3.30. The molecule has 1 rings (SSSR count). The Balaban J connectivity index is 2.92. The van der Waals surface area contributed by atoms with Crippen molar-refractivity contribution in [2.24, 2.45) is 5.92 Å². The van der Waals surface area contributed by atoms with Gasteiger partial charge >= 0.3 is 0 Å². The maximum atomic E-state index is 11.6. The molecule has 0 fully saturated rings. The zero-order chi connectivity index (χ0) is 10.6. The summed E-state index contributed by atoms with van der Waals surface area (Å²) in [6.07, 6.45) is 0.653. The third kappa shape index (κ3) is 2.67. The minimum Gasteiger partial charge on any atom is -0.303 e. The summed E-state index contributed by atoms with van der Waals surface area (Å²) in [5.74, 6) is -0.583. The molecule has 0 aliphatic rings. The minimum atomic E-state index is -3.30. The highest BCUT2D eigenvalue weighted by Gasteiger charge is 2.17. The topological polar surface area (TPSA) is 51.2 Å². The first-order chi connectivity index (χ1) is 6.56. The van der Waals surface area contributed by atoms with E-state index in [-0.39, 0.29) is 10.6 Å². The Morgan fingerprint density at radius 1 is 1.29 bits per heavy atom. The van der Waals surface area contributed by atoms with Crippen molar-refractivity contribution >= 4 is 16.1 Å². The minimum absolute atomic E-state index is 0.124. The average Bonchev–Trinajstić information content (AvgIpc) is 2.18. The highest BCUT2D eigenvalue weighted by molar-refractivity contribution is 7.91. The van der Waals surface area contributed by atoms with Crippen LogP contribution < -0.4 is 0 Å². The van der Waals surface area contributed by atoms with Crippen molar-refractivity contribution < 1.29 is 13.2 Å². The molecule has 0 heterocycles. The summed E-state index contributed by atoms with van der Waals surface area (Å²) in [4.78, 5) is 10.6. The van der Waals surface area contributed by atoms with E-state index < -0.39 is 15.8 Å². The van der Waals surface area contributed by atoms with Gasteiger partial charge in [-0.2, -0.15) is 0 Å². The summed E-state index contributed by atoms with van der Waals surface area (Å²) in [5.41, 5.74) is 0. The second-order valence-electron chi connectivity index (χ2n) is 3.21. The summed E-state index contributed by atoms with van der Waals surface area (Å²) in [5, 5.41) is 0. The van der Waals surface area contributed by atoms with E-state index in [1.165, 1.54) is 12.1 Å². The van der Waals surface area contributed by atoms with Crippen LogP contribution in [0.25, 0.3) is 0 Å². The van der Waals surface area contributed by atoms with Crippen molar-refractivity contribution in [1.29, 1.82) is 0 Å². The lowest BCUT2D eigenvalue weighted by Crippen LogP contribution is -2.14. The van der Waals surface area contributed by atoms with Crippen molar-refractivity contribution in [3.8, 4) is 0 Å². The van der Waals surface area contributed by atoms with Crippen molar-refractivity contribution in [1.82, 2.24) is 0 Å². The molecule has 0 saturated heterocycles. The molecule has 0 aliphatic carbocycles. The highest BCUT2D eigenvalue weighted by atomic mass is 32.2. The third-order valence-corrected chi connectivity index (χ3v) is 3.77. The molecule has 0 radical (unpaired) electrons. The fraction of sp³-hybridized carbons (Fsp3) is 0.300. The lowest BCUT2D eigenvalue weighted by atomic mass is 10.3. The van der Waals surface area contributed by atoms with E-state index in [1.54, 1.807) is 25.1 Å². The quantitative estimate of drug-likeness (QED) is 0.707. The van der Waals surface area contributed by atoms with Crippen molar-refractivity contribution in [2.75, 3.05) is 5.75 Å². The van der Waals surface area contributed by atoms with Crippen LogP contribution in [0, 0.1) is 5.92 Å². The number of carbonyl (C=O) groups is 1. The Labute approximate surface area is 83.7 Å². The van der Waals surface area contributed by atoms with Gasteiger partial charge in [-0.3, -0.25) is 0 Å². The Morgan fingerprint density at radius 2 is 1.86 bits per heavy atom. The lowest BCUT2D eigenvalue weighted by Gasteiger charge is -2.05. The fourth-order valence-electron chi connectivity index (χ4n) is 1.11. The van der Waals surface area contributed by atoms with Crippen molar-refractivity contribution in [3.63, 3.8) is 0 Å². The normalized spacial score (nSPS) is 13.5. The first kappa shape index (κ1) is 10.9. The standard InChI is InChI=1S/C10H12O3S/c1-9(7-11)8-14(12,13)10-5-3-2-4-6-10/h2-7,9H,8H2,1H3/t9-/m0/s1. The van der Waals surface area contributed by atoms with E-state index in [1.807, 2.05) is 0 Å². The average molecular weight is 212 g/mol. The molecule has 1 aromatic carbocycles. The zero-order valence-electron chi connectivity index (χ0n) is 7.88. The van der Waals surface area contributed by atoms with Gasteiger partial charge < -0.3 is 4.79 Å². The Hall–Kier alpha value is -1.16. The first-order valence-electron chi connectivity index (χ1n) is 4.29. The van der Waals surface area contributed by atoms with Crippen LogP contribution in [0.2, 0.25) is 0 Å². The lowest BCUT2D eigenvalue weighted by molar-refractivity contribution is -0.110. The van der Waals surface area contributed by atoms with E-state index in [9.17, 15) is 13.2 Å². The molecule has 4 heteroatoms. The van der Waals surface area contributed by atoms with Gasteiger partial charge in [0, 0.05) is 5.92 Å². The number of hydrogen-bond acceptors (Lipinski definition) is 3. The van der Waals surface area contributed by atoms with Crippen LogP contribution in [0.15, 0.2) is 35.2 Å². The maximum Gasteiger partial charge on any atom is 0.179 e. The van der Waals surface area contributed by atoms with Crippen LogP contribution in [0.5, 0.6) is 0 Å². The van der Waals surface area contributed by atoms with Gasteiger partial charge in [0.2, 0.25) is 0 Å². The molecule has 1 atom stereocenters. The molecule has 0 amide bonds. The van der Waals surface area contributed by atoms with Gasteiger partial charge in [-0.15, -0.1) is 0 Å².